The van der Waals surface area contributed by atoms with E-state index in [1.165, 1.54) is 6.92 Å². The van der Waals surface area contributed by atoms with Gasteiger partial charge in [0.2, 0.25) is 0 Å². The van der Waals surface area contributed by atoms with E-state index in [2.05, 4.69) is 0 Å². The van der Waals surface area contributed by atoms with Gasteiger partial charge in [0, 0.05) is 0 Å². The number of aryl methyl sites for hydroxylation is 1. The summed E-state index contributed by atoms with van der Waals surface area (Å²) in [6.45, 7) is 3.41. The molecule has 3 amide bonds. The number of carbonyl (C=O) groups is 3. The van der Waals surface area contributed by atoms with Crippen LogP contribution in [0.25, 0.3) is 0 Å². The molecule has 0 saturated heterocycles. The van der Waals surface area contributed by atoms with Crippen LogP contribution in [0.3, 0.4) is 0 Å². The molecular weight excluding hydrogens is 276 g/mol. The van der Waals surface area contributed by atoms with Gasteiger partial charge < -0.3 is 15.2 Å². The molecule has 1 aromatic rings. The lowest BCUT2D eigenvalue weighted by atomic mass is 10.2. The van der Waals surface area contributed by atoms with Crippen LogP contribution in [-0.2, 0) is 14.3 Å². The van der Waals surface area contributed by atoms with Gasteiger partial charge in [-0.2, -0.15) is 0 Å². The molecule has 114 valence electrons. The minimum atomic E-state index is -1.09. The fraction of sp³-hybridized carbons (Fsp3) is 0.357. The van der Waals surface area contributed by atoms with E-state index in [4.69, 9.17) is 15.2 Å². The third-order valence-electron chi connectivity index (χ3n) is 2.49. The average molecular weight is 294 g/mol. The molecule has 0 aliphatic heterocycles. The van der Waals surface area contributed by atoms with Gasteiger partial charge in [0.05, 0.1) is 13.0 Å². The van der Waals surface area contributed by atoms with Crippen LogP contribution < -0.4 is 15.8 Å². The molecule has 0 aliphatic rings. The van der Waals surface area contributed by atoms with Crippen molar-refractivity contribution in [2.75, 3.05) is 6.61 Å². The number of ether oxygens (including phenoxy) is 2. The number of amides is 3. The number of esters is 1. The van der Waals surface area contributed by atoms with Crippen molar-refractivity contribution in [2.24, 2.45) is 5.73 Å². The Balaban J connectivity index is 2.31. The van der Waals surface area contributed by atoms with Crippen molar-refractivity contribution in [1.82, 2.24) is 5.32 Å². The fourth-order valence-electron chi connectivity index (χ4n) is 1.49. The molecule has 21 heavy (non-hydrogen) atoms. The summed E-state index contributed by atoms with van der Waals surface area (Å²) >= 11 is 0. The molecule has 3 N–H and O–H groups in total. The van der Waals surface area contributed by atoms with Crippen LogP contribution in [0, 0.1) is 6.92 Å². The standard InChI is InChI=1S/C14H18N2O5/c1-9-4-3-5-11(8-9)20-7-6-12(17)21-10(2)13(18)16-14(15)19/h3-5,8,10H,6-7H2,1-2H3,(H3,15,16,18,19)/t10-/m1/s1. The quantitative estimate of drug-likeness (QED) is 0.757. The van der Waals surface area contributed by atoms with Crippen LogP contribution in [0.15, 0.2) is 24.3 Å². The summed E-state index contributed by atoms with van der Waals surface area (Å²) < 4.78 is 10.2. The van der Waals surface area contributed by atoms with Crippen molar-refractivity contribution in [3.05, 3.63) is 29.8 Å². The molecule has 1 aromatic carbocycles. The number of rotatable bonds is 6. The van der Waals surface area contributed by atoms with E-state index in [1.807, 2.05) is 30.4 Å². The Morgan fingerprint density at radius 3 is 2.67 bits per heavy atom. The van der Waals surface area contributed by atoms with Crippen molar-refractivity contribution >= 4 is 17.9 Å². The minimum absolute atomic E-state index is 0.0118. The van der Waals surface area contributed by atoms with E-state index in [0.29, 0.717) is 5.75 Å². The molecular formula is C14H18N2O5. The first-order valence-corrected chi connectivity index (χ1v) is 6.37. The van der Waals surface area contributed by atoms with Crippen LogP contribution in [0.1, 0.15) is 18.9 Å². The smallest absolute Gasteiger partial charge is 0.318 e. The van der Waals surface area contributed by atoms with Gasteiger partial charge in [0.25, 0.3) is 5.91 Å². The average Bonchev–Trinajstić information content (AvgIpc) is 2.37. The molecule has 0 fully saturated rings. The van der Waals surface area contributed by atoms with Gasteiger partial charge in [-0.1, -0.05) is 12.1 Å². The zero-order valence-electron chi connectivity index (χ0n) is 11.9. The molecule has 0 aliphatic carbocycles. The highest BCUT2D eigenvalue weighted by atomic mass is 16.5. The summed E-state index contributed by atoms with van der Waals surface area (Å²) in [5, 5.41) is 1.83. The summed E-state index contributed by atoms with van der Waals surface area (Å²) in [5.74, 6) is -0.715. The van der Waals surface area contributed by atoms with Crippen LogP contribution in [-0.4, -0.2) is 30.6 Å². The van der Waals surface area contributed by atoms with Gasteiger partial charge in [-0.15, -0.1) is 0 Å². The number of nitrogens with one attached hydrogen (secondary N) is 1. The number of benzene rings is 1. The maximum absolute atomic E-state index is 11.5. The van der Waals surface area contributed by atoms with Crippen LogP contribution in [0.5, 0.6) is 5.75 Å². The lowest BCUT2D eigenvalue weighted by molar-refractivity contribution is -0.154. The SMILES string of the molecule is Cc1cccc(OCCC(=O)O[C@H](C)C(=O)NC(N)=O)c1. The zero-order valence-corrected chi connectivity index (χ0v) is 11.9. The normalized spacial score (nSPS) is 11.3. The second-order valence-corrected chi connectivity index (χ2v) is 4.40. The monoisotopic (exact) mass is 294 g/mol. The molecule has 0 saturated carbocycles. The third kappa shape index (κ3) is 6.42. The maximum atomic E-state index is 11.5. The molecule has 7 nitrogen and oxygen atoms in total. The molecule has 7 heteroatoms. The van der Waals surface area contributed by atoms with Crippen LogP contribution in [0.2, 0.25) is 0 Å². The van der Waals surface area contributed by atoms with Crippen LogP contribution in [0.4, 0.5) is 4.79 Å². The number of urea groups is 1. The van der Waals surface area contributed by atoms with Gasteiger partial charge in [-0.25, -0.2) is 4.79 Å². The highest BCUT2D eigenvalue weighted by Crippen LogP contribution is 2.12. The number of imide groups is 1. The predicted molar refractivity (Wildman–Crippen MR) is 74.6 cm³/mol. The third-order valence-corrected chi connectivity index (χ3v) is 2.49. The van der Waals surface area contributed by atoms with Crippen molar-refractivity contribution in [1.29, 1.82) is 0 Å². The Morgan fingerprint density at radius 2 is 2.05 bits per heavy atom. The number of hydrogen-bond acceptors (Lipinski definition) is 5. The van der Waals surface area contributed by atoms with Crippen molar-refractivity contribution in [2.45, 2.75) is 26.4 Å². The van der Waals surface area contributed by atoms with E-state index in [0.717, 1.165) is 5.56 Å². The summed E-state index contributed by atoms with van der Waals surface area (Å²) in [6.07, 6.45) is -1.11. The van der Waals surface area contributed by atoms with E-state index in [1.54, 1.807) is 6.07 Å². The number of carbonyl (C=O) groups excluding carboxylic acids is 3. The lowest BCUT2D eigenvalue weighted by Gasteiger charge is -2.12. The first-order valence-electron chi connectivity index (χ1n) is 6.37. The van der Waals surface area contributed by atoms with Gasteiger partial charge >= 0.3 is 12.0 Å². The summed E-state index contributed by atoms with van der Waals surface area (Å²) in [5.41, 5.74) is 5.84. The second-order valence-electron chi connectivity index (χ2n) is 4.40. The van der Waals surface area contributed by atoms with Gasteiger partial charge in [0.1, 0.15) is 5.75 Å². The molecule has 0 spiro atoms. The lowest BCUT2D eigenvalue weighted by Crippen LogP contribution is -2.42. The number of nitrogens with two attached hydrogens (primary N) is 1. The van der Waals surface area contributed by atoms with Crippen molar-refractivity contribution in [3.8, 4) is 5.75 Å². The van der Waals surface area contributed by atoms with E-state index < -0.39 is 24.0 Å². The topological polar surface area (TPSA) is 108 Å². The van der Waals surface area contributed by atoms with E-state index in [-0.39, 0.29) is 13.0 Å². The number of hydrogen-bond donors (Lipinski definition) is 2. The largest absolute Gasteiger partial charge is 0.493 e. The van der Waals surface area contributed by atoms with Crippen LogP contribution >= 0.6 is 0 Å². The summed E-state index contributed by atoms with van der Waals surface area (Å²) in [6, 6.07) is 6.40. The minimum Gasteiger partial charge on any atom is -0.493 e. The fourth-order valence-corrected chi connectivity index (χ4v) is 1.49. The Hall–Kier alpha value is -2.57. The molecule has 0 unspecified atom stereocenters. The molecule has 0 heterocycles. The first-order chi connectivity index (χ1) is 9.88. The zero-order chi connectivity index (χ0) is 15.8. The van der Waals surface area contributed by atoms with E-state index in [9.17, 15) is 14.4 Å². The molecule has 1 atom stereocenters. The Labute approximate surface area is 122 Å². The Morgan fingerprint density at radius 1 is 1.33 bits per heavy atom. The van der Waals surface area contributed by atoms with Gasteiger partial charge in [0.15, 0.2) is 6.10 Å². The Bertz CT molecular complexity index is 530. The second kappa shape index (κ2) is 7.88. The van der Waals surface area contributed by atoms with Crippen molar-refractivity contribution in [3.63, 3.8) is 0 Å². The molecule has 0 bridgehead atoms. The highest BCUT2D eigenvalue weighted by Gasteiger charge is 2.18. The summed E-state index contributed by atoms with van der Waals surface area (Å²) in [7, 11) is 0. The highest BCUT2D eigenvalue weighted by molar-refractivity contribution is 5.96. The van der Waals surface area contributed by atoms with Crippen molar-refractivity contribution < 1.29 is 23.9 Å². The molecule has 0 radical (unpaired) electrons. The predicted octanol–water partition coefficient (Wildman–Crippen LogP) is 0.891. The number of primary amides is 1. The maximum Gasteiger partial charge on any atom is 0.318 e. The van der Waals surface area contributed by atoms with Gasteiger partial charge in [-0.3, -0.25) is 14.9 Å². The summed E-state index contributed by atoms with van der Waals surface area (Å²) in [4.78, 5) is 33.3. The van der Waals surface area contributed by atoms with Gasteiger partial charge in [-0.05, 0) is 31.5 Å². The molecule has 0 aromatic heterocycles. The Kier molecular flexibility index (Phi) is 6.19. The molecule has 1 rings (SSSR count). The first kappa shape index (κ1) is 16.5. The van der Waals surface area contributed by atoms with E-state index >= 15 is 0 Å².